The van der Waals surface area contributed by atoms with E-state index in [1.807, 2.05) is 109 Å². The van der Waals surface area contributed by atoms with Gasteiger partial charge in [0.05, 0.1) is 11.0 Å². The zero-order chi connectivity index (χ0) is 71.7. The van der Waals surface area contributed by atoms with Crippen molar-refractivity contribution < 1.29 is 0 Å². The van der Waals surface area contributed by atoms with Gasteiger partial charge in [0.1, 0.15) is 0 Å². The van der Waals surface area contributed by atoms with Crippen LogP contribution in [0.15, 0.2) is 346 Å². The third kappa shape index (κ3) is 13.4. The topological polar surface area (TPSA) is 121 Å². The van der Waals surface area contributed by atoms with E-state index in [-0.39, 0.29) is 15.9 Å². The number of fused-ring (bicyclic) bond motifs is 9. The fourth-order valence-electron chi connectivity index (χ4n) is 14.1. The third-order valence-electron chi connectivity index (χ3n) is 19.1. The van der Waals surface area contributed by atoms with Crippen LogP contribution in [-0.4, -0.2) is 49.4 Å². The van der Waals surface area contributed by atoms with Crippen LogP contribution in [0.5, 0.6) is 0 Å². The second-order valence-electron chi connectivity index (χ2n) is 25.7. The second kappa shape index (κ2) is 28.9. The number of para-hydroxylation sites is 2. The lowest BCUT2D eigenvalue weighted by molar-refractivity contribution is 1.07. The van der Waals surface area contributed by atoms with Gasteiger partial charge in [-0.3, -0.25) is 0 Å². The molecule has 15 aromatic carbocycles. The first-order chi connectivity index (χ1) is 52.7. The van der Waals surface area contributed by atoms with Crippen molar-refractivity contribution in [3.8, 4) is 107 Å². The average molecular weight is 1450 g/mol. The van der Waals surface area contributed by atoms with E-state index in [1.165, 1.54) is 52.8 Å². The normalized spacial score (nSPS) is 11.3. The van der Waals surface area contributed by atoms with Crippen molar-refractivity contribution >= 4 is 120 Å². The summed E-state index contributed by atoms with van der Waals surface area (Å²) in [6.07, 6.45) is 0. The summed E-state index contributed by atoms with van der Waals surface area (Å²) in [7, 11) is 0. The van der Waals surface area contributed by atoms with Crippen molar-refractivity contribution in [2.45, 2.75) is 0 Å². The number of benzene rings is 15. The predicted octanol–water partition coefficient (Wildman–Crippen LogP) is 25.5. The molecule has 14 heteroatoms. The Labute approximate surface area is 634 Å². The second-order valence-corrected chi connectivity index (χ2v) is 27.8. The fraction of sp³-hybridized carbons (Fsp3) is 0. The van der Waals surface area contributed by atoms with Gasteiger partial charge in [-0.05, 0) is 179 Å². The standard InChI is InChI=1S/C43H27ClN4.C25H14ClN3S.C25H16ClN3/c44-43-46-41(30-21-19-29(20-22-30)28-11-3-1-4-12-28)45-42(47-43)37-25-24-33(34-15-7-8-16-35(34)37)31-23-26-40-38(27-31)36-17-9-10-18-39(36)48(40)32-13-5-2-6-14-32;26-25-28-23(17-10-9-15-5-1-2-6-16(15)13-17)27-24(29-25)18-11-12-22-20(14-18)19-7-3-4-8-21(19)30-22;26-25-28-23(18-11-5-2-6-12-18)27-24(29-25)20-15-19-13-7-8-14-21(19)22(16-20)17-9-3-1-4-10-17/h1-27H;1-14H;1-16H. The van der Waals surface area contributed by atoms with Crippen molar-refractivity contribution in [1.29, 1.82) is 0 Å². The first kappa shape index (κ1) is 66.0. The first-order valence-electron chi connectivity index (χ1n) is 34.8. The molecule has 0 saturated heterocycles. The number of nitrogens with zero attached hydrogens (tertiary/aromatic N) is 10. The van der Waals surface area contributed by atoms with Gasteiger partial charge in [-0.1, -0.05) is 267 Å². The summed E-state index contributed by atoms with van der Waals surface area (Å²) in [5.41, 5.74) is 15.8. The summed E-state index contributed by atoms with van der Waals surface area (Å²) in [6.45, 7) is 0. The Morgan fingerprint density at radius 2 is 0.617 bits per heavy atom. The molecule has 0 amide bonds. The van der Waals surface area contributed by atoms with E-state index in [1.54, 1.807) is 11.3 Å². The highest BCUT2D eigenvalue weighted by Gasteiger charge is 2.20. The quantitative estimate of drug-likeness (QED) is 0.132. The minimum absolute atomic E-state index is 0.163. The Kier molecular flexibility index (Phi) is 17.8. The van der Waals surface area contributed by atoms with Crippen molar-refractivity contribution in [2.24, 2.45) is 0 Å². The molecule has 0 fully saturated rings. The largest absolute Gasteiger partial charge is 0.309 e. The van der Waals surface area contributed by atoms with Crippen LogP contribution in [0, 0.1) is 0 Å². The molecule has 0 aliphatic carbocycles. The molecule has 0 radical (unpaired) electrons. The number of halogens is 3. The lowest BCUT2D eigenvalue weighted by Gasteiger charge is -2.13. The van der Waals surface area contributed by atoms with E-state index in [4.69, 9.17) is 49.8 Å². The average Bonchev–Trinajstić information content (AvgIpc) is 1.66. The molecule has 20 rings (SSSR count). The Morgan fingerprint density at radius 1 is 0.206 bits per heavy atom. The molecule has 0 bridgehead atoms. The van der Waals surface area contributed by atoms with Crippen LogP contribution < -0.4 is 0 Å². The minimum atomic E-state index is 0.163. The molecule has 506 valence electrons. The number of hydrogen-bond acceptors (Lipinski definition) is 10. The van der Waals surface area contributed by atoms with Gasteiger partial charge in [-0.25, -0.2) is 15.0 Å². The molecule has 0 atom stereocenters. The summed E-state index contributed by atoms with van der Waals surface area (Å²) in [6, 6.07) is 119. The van der Waals surface area contributed by atoms with Crippen molar-refractivity contribution in [2.75, 3.05) is 0 Å². The van der Waals surface area contributed by atoms with Gasteiger partial charge in [0.2, 0.25) is 15.9 Å². The summed E-state index contributed by atoms with van der Waals surface area (Å²) >= 11 is 20.9. The van der Waals surface area contributed by atoms with E-state index in [2.05, 4.69) is 271 Å². The van der Waals surface area contributed by atoms with E-state index < -0.39 is 0 Å². The maximum absolute atomic E-state index is 6.54. The van der Waals surface area contributed by atoms with Crippen molar-refractivity contribution in [3.63, 3.8) is 0 Å². The summed E-state index contributed by atoms with van der Waals surface area (Å²) in [5, 5.41) is 12.2. The van der Waals surface area contributed by atoms with Gasteiger partial charge in [-0.2, -0.15) is 29.9 Å². The SMILES string of the molecule is Clc1nc(-c2ccc(-c3ccccc3)cc2)nc(-c2ccc(-c3ccc4c(c3)c3ccccc3n4-c3ccccc3)c3ccccc23)n1.Clc1nc(-c2ccc3ccccc3c2)nc(-c2ccc3sc4ccccc4c3c2)n1.Clc1nc(-c2ccccc2)nc(-c2cc(-c3ccccc3)c3ccccc3c2)n1. The monoisotopic (exact) mass is 1450 g/mol. The molecule has 0 N–H and O–H groups in total. The molecular formula is C93H57Cl3N10S. The van der Waals surface area contributed by atoms with Crippen LogP contribution in [0.25, 0.3) is 182 Å². The van der Waals surface area contributed by atoms with Gasteiger partial charge in [0, 0.05) is 70.0 Å². The zero-order valence-electron chi connectivity index (χ0n) is 56.9. The molecular weight excluding hydrogens is 1400 g/mol. The molecule has 0 spiro atoms. The van der Waals surface area contributed by atoms with Gasteiger partial charge in [0.15, 0.2) is 34.9 Å². The van der Waals surface area contributed by atoms with Gasteiger partial charge >= 0.3 is 0 Å². The summed E-state index contributed by atoms with van der Waals surface area (Å²) in [4.78, 5) is 41.0. The van der Waals surface area contributed by atoms with Crippen LogP contribution in [-0.2, 0) is 0 Å². The predicted molar refractivity (Wildman–Crippen MR) is 443 cm³/mol. The third-order valence-corrected chi connectivity index (χ3v) is 20.8. The van der Waals surface area contributed by atoms with E-state index in [0.717, 1.165) is 94.0 Å². The molecule has 20 aromatic rings. The highest BCUT2D eigenvalue weighted by atomic mass is 35.5. The highest BCUT2D eigenvalue weighted by Crippen LogP contribution is 2.42. The molecule has 0 aliphatic heterocycles. The van der Waals surface area contributed by atoms with Crippen molar-refractivity contribution in [3.05, 3.63) is 362 Å². The number of thiophene rings is 1. The fourth-order valence-corrected chi connectivity index (χ4v) is 15.6. The Hall–Kier alpha value is -13.0. The lowest BCUT2D eigenvalue weighted by atomic mass is 9.94. The highest BCUT2D eigenvalue weighted by molar-refractivity contribution is 7.25. The Bertz CT molecular complexity index is 6740. The maximum Gasteiger partial charge on any atom is 0.226 e. The van der Waals surface area contributed by atoms with Crippen molar-refractivity contribution in [1.82, 2.24) is 49.4 Å². The molecule has 0 unspecified atom stereocenters. The molecule has 0 saturated carbocycles. The van der Waals surface area contributed by atoms with Crippen LogP contribution in [0.3, 0.4) is 0 Å². The maximum atomic E-state index is 6.54. The number of aromatic nitrogens is 10. The summed E-state index contributed by atoms with van der Waals surface area (Å²) in [5.74, 6) is 3.36. The van der Waals surface area contributed by atoms with E-state index in [9.17, 15) is 0 Å². The first-order valence-corrected chi connectivity index (χ1v) is 36.8. The molecule has 5 aromatic heterocycles. The van der Waals surface area contributed by atoms with Crippen LogP contribution in [0.2, 0.25) is 15.9 Å². The number of rotatable bonds is 10. The molecule has 10 nitrogen and oxygen atoms in total. The van der Waals surface area contributed by atoms with Crippen LogP contribution >= 0.6 is 46.1 Å². The van der Waals surface area contributed by atoms with E-state index in [0.29, 0.717) is 34.9 Å². The van der Waals surface area contributed by atoms with Gasteiger partial charge < -0.3 is 4.57 Å². The minimum Gasteiger partial charge on any atom is -0.309 e. The summed E-state index contributed by atoms with van der Waals surface area (Å²) < 4.78 is 4.86. The van der Waals surface area contributed by atoms with Gasteiger partial charge in [-0.15, -0.1) is 11.3 Å². The zero-order valence-corrected chi connectivity index (χ0v) is 60.0. The van der Waals surface area contributed by atoms with Crippen LogP contribution in [0.4, 0.5) is 0 Å². The van der Waals surface area contributed by atoms with E-state index >= 15 is 0 Å². The smallest absolute Gasteiger partial charge is 0.226 e. The molecule has 107 heavy (non-hydrogen) atoms. The van der Waals surface area contributed by atoms with Gasteiger partial charge in [0.25, 0.3) is 0 Å². The number of hydrogen-bond donors (Lipinski definition) is 0. The Balaban J connectivity index is 0.000000119. The molecule has 5 heterocycles. The Morgan fingerprint density at radius 3 is 1.30 bits per heavy atom. The van der Waals surface area contributed by atoms with Crippen LogP contribution in [0.1, 0.15) is 0 Å². The lowest BCUT2D eigenvalue weighted by Crippen LogP contribution is -1.98. The molecule has 0 aliphatic rings.